The third kappa shape index (κ3) is 3.23. The maximum Gasteiger partial charge on any atom is 0.246 e. The SMILES string of the molecule is CCC1CCCN(C(=O)C(C)(N)c2ccc(Br)cc2)C1. The number of nitrogens with two attached hydrogens (primary N) is 1. The van der Waals surface area contributed by atoms with Crippen LogP contribution in [-0.4, -0.2) is 23.9 Å². The van der Waals surface area contributed by atoms with Crippen molar-refractivity contribution in [3.05, 3.63) is 34.3 Å². The first-order valence-corrected chi connectivity index (χ1v) is 8.08. The van der Waals surface area contributed by atoms with Gasteiger partial charge in [-0.25, -0.2) is 0 Å². The summed E-state index contributed by atoms with van der Waals surface area (Å²) >= 11 is 3.41. The molecule has 0 aromatic heterocycles. The average Bonchev–Trinajstić information content (AvgIpc) is 2.47. The van der Waals surface area contributed by atoms with Crippen LogP contribution in [0.1, 0.15) is 38.7 Å². The minimum absolute atomic E-state index is 0.0398. The summed E-state index contributed by atoms with van der Waals surface area (Å²) in [6.07, 6.45) is 3.43. The summed E-state index contributed by atoms with van der Waals surface area (Å²) in [5.74, 6) is 0.659. The van der Waals surface area contributed by atoms with E-state index in [0.717, 1.165) is 36.0 Å². The van der Waals surface area contributed by atoms with Crippen LogP contribution in [0.2, 0.25) is 0 Å². The second-order valence-electron chi connectivity index (χ2n) is 5.88. The van der Waals surface area contributed by atoms with Crippen LogP contribution in [0.3, 0.4) is 0 Å². The summed E-state index contributed by atoms with van der Waals surface area (Å²) in [6, 6.07) is 7.70. The van der Waals surface area contributed by atoms with Crippen molar-refractivity contribution in [3.8, 4) is 0 Å². The van der Waals surface area contributed by atoms with Crippen molar-refractivity contribution in [3.63, 3.8) is 0 Å². The standard InChI is InChI=1S/C16H23BrN2O/c1-3-12-5-4-10-19(11-12)15(20)16(2,18)13-6-8-14(17)9-7-13/h6-9,12H,3-5,10-11,18H2,1-2H3. The van der Waals surface area contributed by atoms with E-state index in [1.807, 2.05) is 36.1 Å². The highest BCUT2D eigenvalue weighted by Crippen LogP contribution is 2.26. The van der Waals surface area contributed by atoms with E-state index in [-0.39, 0.29) is 5.91 Å². The molecule has 1 amide bonds. The highest BCUT2D eigenvalue weighted by molar-refractivity contribution is 9.10. The Morgan fingerprint density at radius 1 is 1.45 bits per heavy atom. The van der Waals surface area contributed by atoms with Crippen LogP contribution in [-0.2, 0) is 10.3 Å². The Morgan fingerprint density at radius 2 is 2.10 bits per heavy atom. The first-order chi connectivity index (χ1) is 9.45. The normalized spacial score (nSPS) is 22.4. The number of carbonyl (C=O) groups is 1. The molecule has 0 spiro atoms. The zero-order valence-corrected chi connectivity index (χ0v) is 13.8. The minimum Gasteiger partial charge on any atom is -0.341 e. The largest absolute Gasteiger partial charge is 0.341 e. The molecule has 0 aliphatic carbocycles. The summed E-state index contributed by atoms with van der Waals surface area (Å²) in [5, 5.41) is 0. The van der Waals surface area contributed by atoms with E-state index < -0.39 is 5.54 Å². The van der Waals surface area contributed by atoms with Crippen LogP contribution in [0.15, 0.2) is 28.7 Å². The van der Waals surface area contributed by atoms with Gasteiger partial charge in [0.15, 0.2) is 0 Å². The smallest absolute Gasteiger partial charge is 0.246 e. The van der Waals surface area contributed by atoms with Crippen molar-refractivity contribution >= 4 is 21.8 Å². The topological polar surface area (TPSA) is 46.3 Å². The fraction of sp³-hybridized carbons (Fsp3) is 0.562. The Bertz CT molecular complexity index is 470. The molecule has 1 aromatic rings. The number of likely N-dealkylation sites (tertiary alicyclic amines) is 1. The van der Waals surface area contributed by atoms with E-state index in [1.54, 1.807) is 0 Å². The summed E-state index contributed by atoms with van der Waals surface area (Å²) < 4.78 is 0.994. The van der Waals surface area contributed by atoms with Gasteiger partial charge in [-0.1, -0.05) is 41.4 Å². The van der Waals surface area contributed by atoms with Gasteiger partial charge in [-0.3, -0.25) is 4.79 Å². The fourth-order valence-electron chi connectivity index (χ4n) is 2.83. The first kappa shape index (κ1) is 15.5. The van der Waals surface area contributed by atoms with Crippen molar-refractivity contribution in [2.45, 2.75) is 38.6 Å². The number of carbonyl (C=O) groups excluding carboxylic acids is 1. The Balaban J connectivity index is 2.16. The molecule has 0 saturated carbocycles. The van der Waals surface area contributed by atoms with Gasteiger partial charge in [0.05, 0.1) is 0 Å². The molecule has 0 bridgehead atoms. The molecule has 2 unspecified atom stereocenters. The molecule has 2 atom stereocenters. The molecular formula is C16H23BrN2O. The Morgan fingerprint density at radius 3 is 2.70 bits per heavy atom. The van der Waals surface area contributed by atoms with Crippen molar-refractivity contribution in [2.75, 3.05) is 13.1 Å². The number of benzene rings is 1. The van der Waals surface area contributed by atoms with Gasteiger partial charge < -0.3 is 10.6 Å². The van der Waals surface area contributed by atoms with Crippen LogP contribution < -0.4 is 5.73 Å². The van der Waals surface area contributed by atoms with Gasteiger partial charge in [0, 0.05) is 17.6 Å². The molecule has 4 heteroatoms. The lowest BCUT2D eigenvalue weighted by atomic mass is 9.89. The third-order valence-corrected chi connectivity index (χ3v) is 4.80. The second kappa shape index (κ2) is 6.27. The highest BCUT2D eigenvalue weighted by Gasteiger charge is 2.36. The van der Waals surface area contributed by atoms with Crippen LogP contribution >= 0.6 is 15.9 Å². The van der Waals surface area contributed by atoms with E-state index >= 15 is 0 Å². The number of rotatable bonds is 3. The first-order valence-electron chi connectivity index (χ1n) is 7.29. The van der Waals surface area contributed by atoms with Gasteiger partial charge >= 0.3 is 0 Å². The molecule has 3 nitrogen and oxygen atoms in total. The van der Waals surface area contributed by atoms with E-state index in [9.17, 15) is 4.79 Å². The third-order valence-electron chi connectivity index (χ3n) is 4.27. The van der Waals surface area contributed by atoms with E-state index in [2.05, 4.69) is 22.9 Å². The maximum atomic E-state index is 12.8. The molecule has 1 aliphatic heterocycles. The molecule has 2 N–H and O–H groups in total. The van der Waals surface area contributed by atoms with Crippen LogP contribution in [0.4, 0.5) is 0 Å². The van der Waals surface area contributed by atoms with Crippen molar-refractivity contribution in [2.24, 2.45) is 11.7 Å². The lowest BCUT2D eigenvalue weighted by molar-refractivity contribution is -0.138. The maximum absolute atomic E-state index is 12.8. The number of piperidine rings is 1. The zero-order chi connectivity index (χ0) is 14.8. The number of nitrogens with zero attached hydrogens (tertiary/aromatic N) is 1. The minimum atomic E-state index is -0.948. The average molecular weight is 339 g/mol. The Kier molecular flexibility index (Phi) is 4.86. The van der Waals surface area contributed by atoms with Gasteiger partial charge in [-0.15, -0.1) is 0 Å². The van der Waals surface area contributed by atoms with Crippen molar-refractivity contribution in [1.82, 2.24) is 4.90 Å². The molecular weight excluding hydrogens is 316 g/mol. The lowest BCUT2D eigenvalue weighted by Gasteiger charge is -2.37. The second-order valence-corrected chi connectivity index (χ2v) is 6.79. The quantitative estimate of drug-likeness (QED) is 0.919. The van der Waals surface area contributed by atoms with E-state index in [1.165, 1.54) is 6.42 Å². The van der Waals surface area contributed by atoms with Gasteiger partial charge in [-0.2, -0.15) is 0 Å². The number of amides is 1. The number of halogens is 1. The summed E-state index contributed by atoms with van der Waals surface area (Å²) in [5.41, 5.74) is 6.26. The molecule has 1 aliphatic rings. The lowest BCUT2D eigenvalue weighted by Crippen LogP contribution is -2.53. The number of hydrogen-bond donors (Lipinski definition) is 1. The summed E-state index contributed by atoms with van der Waals surface area (Å²) in [7, 11) is 0. The van der Waals surface area contributed by atoms with Gasteiger partial charge in [0.2, 0.25) is 5.91 Å². The zero-order valence-electron chi connectivity index (χ0n) is 12.2. The molecule has 0 radical (unpaired) electrons. The van der Waals surface area contributed by atoms with Gasteiger partial charge in [0.25, 0.3) is 0 Å². The molecule has 1 saturated heterocycles. The monoisotopic (exact) mass is 338 g/mol. The molecule has 110 valence electrons. The molecule has 1 aromatic carbocycles. The van der Waals surface area contributed by atoms with E-state index in [4.69, 9.17) is 5.73 Å². The van der Waals surface area contributed by atoms with Gasteiger partial charge in [-0.05, 0) is 43.4 Å². The predicted octanol–water partition coefficient (Wildman–Crippen LogP) is 3.27. The Hall–Kier alpha value is -0.870. The van der Waals surface area contributed by atoms with Gasteiger partial charge in [0.1, 0.15) is 5.54 Å². The molecule has 1 heterocycles. The molecule has 1 fully saturated rings. The molecule has 2 rings (SSSR count). The predicted molar refractivity (Wildman–Crippen MR) is 85.3 cm³/mol. The van der Waals surface area contributed by atoms with Crippen LogP contribution in [0, 0.1) is 5.92 Å². The Labute approximate surface area is 129 Å². The van der Waals surface area contributed by atoms with Crippen LogP contribution in [0.5, 0.6) is 0 Å². The van der Waals surface area contributed by atoms with Crippen molar-refractivity contribution in [1.29, 1.82) is 0 Å². The van der Waals surface area contributed by atoms with E-state index in [0.29, 0.717) is 5.92 Å². The highest BCUT2D eigenvalue weighted by atomic mass is 79.9. The van der Waals surface area contributed by atoms with Crippen LogP contribution in [0.25, 0.3) is 0 Å². The fourth-order valence-corrected chi connectivity index (χ4v) is 3.10. The van der Waals surface area contributed by atoms with Crippen molar-refractivity contribution < 1.29 is 4.79 Å². The summed E-state index contributed by atoms with van der Waals surface area (Å²) in [4.78, 5) is 14.7. The molecule has 20 heavy (non-hydrogen) atoms. The number of hydrogen-bond acceptors (Lipinski definition) is 2. The summed E-state index contributed by atoms with van der Waals surface area (Å²) in [6.45, 7) is 5.68.